The zero-order valence-electron chi connectivity index (χ0n) is 18.2. The highest BCUT2D eigenvalue weighted by molar-refractivity contribution is 5.76. The minimum absolute atomic E-state index is 0.105. The lowest BCUT2D eigenvalue weighted by Gasteiger charge is -2.36. The van der Waals surface area contributed by atoms with Gasteiger partial charge in [-0.3, -0.25) is 9.48 Å². The Labute approximate surface area is 181 Å². The van der Waals surface area contributed by atoms with Gasteiger partial charge in [-0.15, -0.1) is 10.2 Å². The van der Waals surface area contributed by atoms with Gasteiger partial charge in [0.1, 0.15) is 11.4 Å². The molecule has 1 aliphatic rings. The van der Waals surface area contributed by atoms with E-state index in [9.17, 15) is 4.79 Å². The summed E-state index contributed by atoms with van der Waals surface area (Å²) in [6.07, 6.45) is 0.778. The van der Waals surface area contributed by atoms with Crippen molar-refractivity contribution in [3.05, 3.63) is 41.9 Å². The van der Waals surface area contributed by atoms with E-state index in [0.717, 1.165) is 42.5 Å². The molecule has 0 N–H and O–H groups in total. The van der Waals surface area contributed by atoms with E-state index < -0.39 is 0 Å². The molecule has 0 unspecified atom stereocenters. The number of anilines is 1. The number of carbonyl (C=O) groups excluding carboxylic acids is 1. The number of benzene rings is 1. The van der Waals surface area contributed by atoms with Crippen molar-refractivity contribution < 1.29 is 13.9 Å². The molecule has 0 atom stereocenters. The fourth-order valence-corrected chi connectivity index (χ4v) is 3.88. The lowest BCUT2D eigenvalue weighted by Crippen LogP contribution is -2.48. The summed E-state index contributed by atoms with van der Waals surface area (Å²) in [4.78, 5) is 16.9. The molecular formula is C22H28N6O3. The molecule has 9 nitrogen and oxygen atoms in total. The maximum Gasteiger partial charge on any atom is 0.265 e. The van der Waals surface area contributed by atoms with Crippen LogP contribution in [0.2, 0.25) is 0 Å². The van der Waals surface area contributed by atoms with E-state index in [-0.39, 0.29) is 5.91 Å². The zero-order chi connectivity index (χ0) is 21.8. The first-order valence-corrected chi connectivity index (χ1v) is 10.6. The number of rotatable bonds is 7. The third kappa shape index (κ3) is 4.55. The van der Waals surface area contributed by atoms with Crippen molar-refractivity contribution in [2.45, 2.75) is 33.2 Å². The van der Waals surface area contributed by atoms with E-state index >= 15 is 0 Å². The molecule has 4 rings (SSSR count). The second-order valence-corrected chi connectivity index (χ2v) is 7.53. The maximum atomic E-state index is 12.7. The zero-order valence-corrected chi connectivity index (χ0v) is 18.2. The molecule has 0 radical (unpaired) electrons. The molecule has 1 amide bonds. The van der Waals surface area contributed by atoms with Gasteiger partial charge in [0.25, 0.3) is 5.89 Å². The molecule has 2 aromatic heterocycles. The number of para-hydroxylation sites is 2. The van der Waals surface area contributed by atoms with Crippen molar-refractivity contribution >= 4 is 11.6 Å². The van der Waals surface area contributed by atoms with Gasteiger partial charge in [-0.25, -0.2) is 0 Å². The van der Waals surface area contributed by atoms with Crippen LogP contribution in [0.4, 0.5) is 5.69 Å². The minimum atomic E-state index is 0.105. The monoisotopic (exact) mass is 424 g/mol. The molecule has 31 heavy (non-hydrogen) atoms. The second-order valence-electron chi connectivity index (χ2n) is 7.53. The number of amides is 1. The highest BCUT2D eigenvalue weighted by atomic mass is 16.5. The van der Waals surface area contributed by atoms with Crippen molar-refractivity contribution in [2.24, 2.45) is 0 Å². The van der Waals surface area contributed by atoms with Crippen LogP contribution in [0.25, 0.3) is 11.6 Å². The summed E-state index contributed by atoms with van der Waals surface area (Å²) in [6.45, 7) is 7.58. The molecule has 1 fully saturated rings. The van der Waals surface area contributed by atoms with Crippen LogP contribution < -0.4 is 9.64 Å². The van der Waals surface area contributed by atoms with Gasteiger partial charge >= 0.3 is 0 Å². The van der Waals surface area contributed by atoms with Crippen molar-refractivity contribution in [1.29, 1.82) is 0 Å². The van der Waals surface area contributed by atoms with Crippen molar-refractivity contribution in [3.63, 3.8) is 0 Å². The number of hydrogen-bond acceptors (Lipinski definition) is 7. The Balaban J connectivity index is 1.31. The minimum Gasteiger partial charge on any atom is -0.495 e. The van der Waals surface area contributed by atoms with Crippen molar-refractivity contribution in [1.82, 2.24) is 24.9 Å². The first kappa shape index (κ1) is 20.9. The third-order valence-corrected chi connectivity index (χ3v) is 5.50. The number of aromatic nitrogens is 4. The lowest BCUT2D eigenvalue weighted by molar-refractivity contribution is -0.131. The normalized spacial score (nSPS) is 14.2. The maximum absolute atomic E-state index is 12.7. The van der Waals surface area contributed by atoms with Gasteiger partial charge in [-0.2, -0.15) is 5.10 Å². The Morgan fingerprint density at radius 3 is 2.68 bits per heavy atom. The average Bonchev–Trinajstić information content (AvgIpc) is 3.43. The van der Waals surface area contributed by atoms with Gasteiger partial charge in [-0.1, -0.05) is 12.1 Å². The van der Waals surface area contributed by atoms with E-state index in [0.29, 0.717) is 37.7 Å². The average molecular weight is 425 g/mol. The molecule has 3 heterocycles. The summed E-state index contributed by atoms with van der Waals surface area (Å²) in [5.41, 5.74) is 2.77. The Kier molecular flexibility index (Phi) is 6.20. The van der Waals surface area contributed by atoms with Crippen LogP contribution in [0.5, 0.6) is 5.75 Å². The number of aryl methyl sites for hydroxylation is 3. The van der Waals surface area contributed by atoms with E-state index in [4.69, 9.17) is 9.15 Å². The summed E-state index contributed by atoms with van der Waals surface area (Å²) in [5.74, 6) is 1.87. The van der Waals surface area contributed by atoms with E-state index in [2.05, 4.69) is 26.3 Å². The van der Waals surface area contributed by atoms with Crippen LogP contribution in [-0.4, -0.2) is 64.1 Å². The summed E-state index contributed by atoms with van der Waals surface area (Å²) in [5, 5.41) is 12.7. The quantitative estimate of drug-likeness (QED) is 0.576. The van der Waals surface area contributed by atoms with Gasteiger partial charge < -0.3 is 19.0 Å². The fourth-order valence-electron chi connectivity index (χ4n) is 3.88. The topological polar surface area (TPSA) is 89.5 Å². The van der Waals surface area contributed by atoms with Crippen LogP contribution in [-0.2, 0) is 17.8 Å². The van der Waals surface area contributed by atoms with Gasteiger partial charge in [0.05, 0.1) is 18.5 Å². The number of ether oxygens (including phenoxy) is 1. The van der Waals surface area contributed by atoms with E-state index in [1.807, 2.05) is 47.7 Å². The molecule has 1 saturated heterocycles. The number of hydrogen-bond donors (Lipinski definition) is 0. The van der Waals surface area contributed by atoms with Gasteiger partial charge in [0, 0.05) is 45.6 Å². The molecule has 9 heteroatoms. The Morgan fingerprint density at radius 2 is 1.94 bits per heavy atom. The van der Waals surface area contributed by atoms with Crippen LogP contribution in [0.15, 0.2) is 34.7 Å². The predicted molar refractivity (Wildman–Crippen MR) is 116 cm³/mol. The predicted octanol–water partition coefficient (Wildman–Crippen LogP) is 2.55. The summed E-state index contributed by atoms with van der Waals surface area (Å²) in [6, 6.07) is 9.90. The summed E-state index contributed by atoms with van der Waals surface area (Å²) in [7, 11) is 1.68. The van der Waals surface area contributed by atoms with Crippen LogP contribution in [0.3, 0.4) is 0 Å². The second kappa shape index (κ2) is 9.20. The van der Waals surface area contributed by atoms with E-state index in [1.165, 1.54) is 0 Å². The number of nitrogens with zero attached hydrogens (tertiary/aromatic N) is 6. The number of carbonyl (C=O) groups is 1. The van der Waals surface area contributed by atoms with Gasteiger partial charge in [0.15, 0.2) is 0 Å². The van der Waals surface area contributed by atoms with Crippen LogP contribution in [0, 0.1) is 6.92 Å². The highest BCUT2D eigenvalue weighted by Gasteiger charge is 2.23. The molecule has 0 bridgehead atoms. The summed E-state index contributed by atoms with van der Waals surface area (Å²) < 4.78 is 13.1. The van der Waals surface area contributed by atoms with Gasteiger partial charge in [-0.05, 0) is 32.0 Å². The smallest absolute Gasteiger partial charge is 0.265 e. The SMILES string of the molecule is CCn1nc(C)cc1-c1nnc(CCC(=O)N2CCN(c3ccccc3OC)CC2)o1. The molecule has 164 valence electrons. The number of methoxy groups -OCH3 is 1. The Bertz CT molecular complexity index is 1040. The number of piperazine rings is 1. The first-order valence-electron chi connectivity index (χ1n) is 10.6. The van der Waals surface area contributed by atoms with Crippen LogP contribution >= 0.6 is 0 Å². The molecule has 3 aromatic rings. The molecule has 0 spiro atoms. The Morgan fingerprint density at radius 1 is 1.16 bits per heavy atom. The molecule has 0 saturated carbocycles. The van der Waals surface area contributed by atoms with Gasteiger partial charge in [0.2, 0.25) is 11.8 Å². The van der Waals surface area contributed by atoms with E-state index in [1.54, 1.807) is 7.11 Å². The largest absolute Gasteiger partial charge is 0.495 e. The molecular weight excluding hydrogens is 396 g/mol. The summed E-state index contributed by atoms with van der Waals surface area (Å²) >= 11 is 0. The highest BCUT2D eigenvalue weighted by Crippen LogP contribution is 2.28. The third-order valence-electron chi connectivity index (χ3n) is 5.50. The molecule has 0 aliphatic carbocycles. The standard InChI is InChI=1S/C22H28N6O3/c1-4-28-18(15-16(2)25-28)22-24-23-20(31-22)9-10-21(29)27-13-11-26(12-14-27)17-7-5-6-8-19(17)30-3/h5-8,15H,4,9-14H2,1-3H3. The molecule has 1 aromatic carbocycles. The fraction of sp³-hybridized carbons (Fsp3) is 0.455. The first-order chi connectivity index (χ1) is 15.1. The van der Waals surface area contributed by atoms with Crippen LogP contribution in [0.1, 0.15) is 24.9 Å². The Hall–Kier alpha value is -3.36. The van der Waals surface area contributed by atoms with Crippen molar-refractivity contribution in [2.75, 3.05) is 38.2 Å². The lowest BCUT2D eigenvalue weighted by atomic mass is 10.2. The molecule has 1 aliphatic heterocycles. The van der Waals surface area contributed by atoms with Crippen molar-refractivity contribution in [3.8, 4) is 17.3 Å².